The van der Waals surface area contributed by atoms with Crippen LogP contribution in [0, 0.1) is 17.2 Å². The van der Waals surface area contributed by atoms with Gasteiger partial charge in [0.25, 0.3) is 0 Å². The fourth-order valence-corrected chi connectivity index (χ4v) is 6.31. The average Bonchev–Trinajstić information content (AvgIpc) is 3.49. The summed E-state index contributed by atoms with van der Waals surface area (Å²) in [7, 11) is 2.00. The van der Waals surface area contributed by atoms with Crippen molar-refractivity contribution >= 4 is 34.0 Å². The number of thiophene rings is 1. The Morgan fingerprint density at radius 2 is 2.33 bits per heavy atom. The first-order valence-electron chi connectivity index (χ1n) is 11.1. The fourth-order valence-electron chi connectivity index (χ4n) is 4.21. The number of hydrogen-bond acceptors (Lipinski definition) is 6. The van der Waals surface area contributed by atoms with Crippen molar-refractivity contribution in [2.75, 3.05) is 11.1 Å². The predicted molar refractivity (Wildman–Crippen MR) is 133 cm³/mol. The van der Waals surface area contributed by atoms with Crippen LogP contribution >= 0.6 is 23.1 Å². The third kappa shape index (κ3) is 5.07. The molecular weight excluding hydrogens is 452 g/mol. The van der Waals surface area contributed by atoms with Gasteiger partial charge in [0, 0.05) is 36.8 Å². The predicted octanol–water partition coefficient (Wildman–Crippen LogP) is 4.57. The lowest BCUT2D eigenvalue weighted by atomic mass is 9.86. The second-order valence-electron chi connectivity index (χ2n) is 8.26. The molecule has 0 saturated heterocycles. The highest BCUT2D eigenvalue weighted by Crippen LogP contribution is 2.40. The van der Waals surface area contributed by atoms with E-state index in [2.05, 4.69) is 45.7 Å². The molecule has 7 nitrogen and oxygen atoms in total. The van der Waals surface area contributed by atoms with Crippen LogP contribution in [0.5, 0.6) is 0 Å². The summed E-state index contributed by atoms with van der Waals surface area (Å²) < 4.78 is 4.05. The van der Waals surface area contributed by atoms with E-state index in [4.69, 9.17) is 0 Å². The number of rotatable bonds is 9. The van der Waals surface area contributed by atoms with Crippen LogP contribution in [-0.2, 0) is 37.6 Å². The number of hydrogen-bond donors (Lipinski definition) is 1. The lowest BCUT2D eigenvalue weighted by Gasteiger charge is -2.20. The first-order valence-corrected chi connectivity index (χ1v) is 12.9. The molecule has 33 heavy (non-hydrogen) atoms. The third-order valence-electron chi connectivity index (χ3n) is 6.14. The minimum Gasteiger partial charge on any atom is -0.354 e. The van der Waals surface area contributed by atoms with Gasteiger partial charge in [-0.05, 0) is 42.9 Å². The van der Waals surface area contributed by atoms with E-state index in [1.807, 2.05) is 23.9 Å². The number of nitrogens with zero attached hydrogens (tertiary/aromatic N) is 5. The molecule has 1 N–H and O–H groups in total. The molecule has 0 bridgehead atoms. The van der Waals surface area contributed by atoms with Crippen molar-refractivity contribution in [3.63, 3.8) is 0 Å². The summed E-state index contributed by atoms with van der Waals surface area (Å²) in [6, 6.07) is 6.38. The molecule has 1 atom stereocenters. The van der Waals surface area contributed by atoms with Gasteiger partial charge in [-0.3, -0.25) is 4.79 Å². The average molecular weight is 481 g/mol. The maximum Gasteiger partial charge on any atom is 0.235 e. The first-order chi connectivity index (χ1) is 16.0. The normalized spacial score (nSPS) is 15.1. The number of aromatic nitrogens is 4. The molecule has 0 aromatic carbocycles. The smallest absolute Gasteiger partial charge is 0.235 e. The third-order valence-corrected chi connectivity index (χ3v) is 8.27. The van der Waals surface area contributed by atoms with E-state index in [1.54, 1.807) is 17.4 Å². The molecule has 0 aliphatic heterocycles. The molecule has 172 valence electrons. The highest BCUT2D eigenvalue weighted by Gasteiger charge is 2.26. The highest BCUT2D eigenvalue weighted by atomic mass is 32.2. The minimum atomic E-state index is -0.140. The van der Waals surface area contributed by atoms with Gasteiger partial charge in [-0.1, -0.05) is 31.2 Å². The molecule has 3 heterocycles. The van der Waals surface area contributed by atoms with Gasteiger partial charge in [-0.2, -0.15) is 5.26 Å². The van der Waals surface area contributed by atoms with Gasteiger partial charge in [0.15, 0.2) is 5.16 Å². The Hall–Kier alpha value is -2.83. The molecule has 1 unspecified atom stereocenters. The Labute approximate surface area is 202 Å². The van der Waals surface area contributed by atoms with Crippen LogP contribution in [0.4, 0.5) is 5.00 Å². The molecule has 0 radical (unpaired) electrons. The van der Waals surface area contributed by atoms with Crippen LogP contribution in [0.2, 0.25) is 0 Å². The van der Waals surface area contributed by atoms with Crippen LogP contribution in [0.1, 0.15) is 47.3 Å². The van der Waals surface area contributed by atoms with Gasteiger partial charge >= 0.3 is 0 Å². The number of amides is 1. The molecule has 0 saturated carbocycles. The van der Waals surface area contributed by atoms with E-state index in [0.29, 0.717) is 34.6 Å². The molecule has 0 fully saturated rings. The summed E-state index contributed by atoms with van der Waals surface area (Å²) in [6.07, 6.45) is 8.65. The molecule has 3 aromatic rings. The summed E-state index contributed by atoms with van der Waals surface area (Å²) in [5.74, 6) is 1.56. The Bertz CT molecular complexity index is 1200. The van der Waals surface area contributed by atoms with Crippen molar-refractivity contribution in [2.45, 2.75) is 50.7 Å². The number of carbonyl (C=O) groups excluding carboxylic acids is 1. The van der Waals surface area contributed by atoms with Crippen molar-refractivity contribution < 1.29 is 4.79 Å². The molecule has 1 amide bonds. The van der Waals surface area contributed by atoms with Crippen LogP contribution < -0.4 is 5.32 Å². The van der Waals surface area contributed by atoms with Crippen molar-refractivity contribution in [1.29, 1.82) is 5.26 Å². The van der Waals surface area contributed by atoms with Crippen molar-refractivity contribution in [3.05, 3.63) is 58.5 Å². The second kappa shape index (κ2) is 10.4. The van der Waals surface area contributed by atoms with E-state index in [1.165, 1.54) is 16.6 Å². The fraction of sp³-hybridized carbons (Fsp3) is 0.417. The zero-order valence-electron chi connectivity index (χ0n) is 19.0. The van der Waals surface area contributed by atoms with E-state index in [-0.39, 0.29) is 11.7 Å². The van der Waals surface area contributed by atoms with Crippen molar-refractivity contribution in [3.8, 4) is 6.07 Å². The summed E-state index contributed by atoms with van der Waals surface area (Å²) in [6.45, 7) is 6.63. The van der Waals surface area contributed by atoms with Gasteiger partial charge in [0.2, 0.25) is 5.91 Å². The molecule has 1 aliphatic rings. The largest absolute Gasteiger partial charge is 0.354 e. The van der Waals surface area contributed by atoms with E-state index >= 15 is 0 Å². The van der Waals surface area contributed by atoms with E-state index < -0.39 is 0 Å². The maximum atomic E-state index is 12.7. The van der Waals surface area contributed by atoms with E-state index in [0.717, 1.165) is 42.8 Å². The van der Waals surface area contributed by atoms with Gasteiger partial charge in [-0.25, -0.2) is 0 Å². The molecular formula is C24H28N6OS2. The topological polar surface area (TPSA) is 88.5 Å². The van der Waals surface area contributed by atoms with Crippen LogP contribution in [0.15, 0.2) is 36.1 Å². The number of anilines is 1. The number of fused-ring (bicyclic) bond motifs is 1. The Kier molecular flexibility index (Phi) is 7.36. The van der Waals surface area contributed by atoms with Gasteiger partial charge in [-0.15, -0.1) is 28.1 Å². The molecule has 1 aliphatic carbocycles. The van der Waals surface area contributed by atoms with Crippen LogP contribution in [0.3, 0.4) is 0 Å². The number of allylic oxidation sites excluding steroid dienone is 1. The zero-order chi connectivity index (χ0) is 23.4. The maximum absolute atomic E-state index is 12.7. The molecule has 4 rings (SSSR count). The Morgan fingerprint density at radius 3 is 3.03 bits per heavy atom. The minimum absolute atomic E-state index is 0.140. The summed E-state index contributed by atoms with van der Waals surface area (Å²) in [5.41, 5.74) is 2.91. The monoisotopic (exact) mass is 480 g/mol. The van der Waals surface area contributed by atoms with Crippen LogP contribution in [0.25, 0.3) is 0 Å². The lowest BCUT2D eigenvalue weighted by Crippen LogP contribution is -2.15. The SMILES string of the molecule is C=CCn1c(Cc2cccn2C)nnc1SCC(=O)Nc1sc2c(c1C#N)CCC(CC)C2. The molecule has 3 aromatic heterocycles. The number of nitriles is 1. The van der Waals surface area contributed by atoms with Crippen LogP contribution in [-0.4, -0.2) is 31.0 Å². The number of carbonyl (C=O) groups is 1. The number of thioether (sulfide) groups is 1. The first kappa shape index (κ1) is 23.3. The van der Waals surface area contributed by atoms with Gasteiger partial charge in [0.05, 0.1) is 11.3 Å². The number of aryl methyl sites for hydroxylation is 1. The van der Waals surface area contributed by atoms with Crippen molar-refractivity contribution in [1.82, 2.24) is 19.3 Å². The Morgan fingerprint density at radius 1 is 1.48 bits per heavy atom. The van der Waals surface area contributed by atoms with Gasteiger partial charge in [0.1, 0.15) is 16.9 Å². The molecule has 0 spiro atoms. The quantitative estimate of drug-likeness (QED) is 0.358. The van der Waals surface area contributed by atoms with E-state index in [9.17, 15) is 10.1 Å². The molecule has 9 heteroatoms. The lowest BCUT2D eigenvalue weighted by molar-refractivity contribution is -0.113. The van der Waals surface area contributed by atoms with Gasteiger partial charge < -0.3 is 14.5 Å². The standard InChI is InChI=1S/C24H28N6OS2/c1-4-10-30-21(13-17-7-6-11-29(17)3)27-28-24(30)32-15-22(31)26-23-19(14-25)18-9-8-16(5-2)12-20(18)33-23/h4,6-7,11,16H,1,5,8-10,12-13,15H2,2-3H3,(H,26,31). The summed E-state index contributed by atoms with van der Waals surface area (Å²) >= 11 is 2.91. The second-order valence-corrected chi connectivity index (χ2v) is 10.3. The highest BCUT2D eigenvalue weighted by molar-refractivity contribution is 7.99. The summed E-state index contributed by atoms with van der Waals surface area (Å²) in [5, 5.41) is 22.7. The van der Waals surface area contributed by atoms with Crippen molar-refractivity contribution in [2.24, 2.45) is 13.0 Å². The summed E-state index contributed by atoms with van der Waals surface area (Å²) in [4.78, 5) is 14.0. The Balaban J connectivity index is 1.43. The number of nitrogens with one attached hydrogen (secondary N) is 1. The zero-order valence-corrected chi connectivity index (χ0v) is 20.6.